The van der Waals surface area contributed by atoms with E-state index in [0.717, 1.165) is 24.0 Å². The summed E-state index contributed by atoms with van der Waals surface area (Å²) in [7, 11) is 4.40. The number of rotatable bonds is 8. The van der Waals surface area contributed by atoms with Gasteiger partial charge in [-0.2, -0.15) is 0 Å². The van der Waals surface area contributed by atoms with Gasteiger partial charge < -0.3 is 9.64 Å². The molecule has 1 aliphatic carbocycles. The zero-order chi connectivity index (χ0) is 15.2. The molecule has 0 amide bonds. The van der Waals surface area contributed by atoms with E-state index < -0.39 is 0 Å². The van der Waals surface area contributed by atoms with E-state index >= 15 is 0 Å². The Balaban J connectivity index is 1.95. The van der Waals surface area contributed by atoms with Crippen molar-refractivity contribution in [2.75, 3.05) is 27.3 Å². The summed E-state index contributed by atoms with van der Waals surface area (Å²) in [5.41, 5.74) is 1.44. The van der Waals surface area contributed by atoms with Crippen LogP contribution in [0.15, 0.2) is 24.3 Å². The van der Waals surface area contributed by atoms with E-state index in [2.05, 4.69) is 38.1 Å². The highest BCUT2D eigenvalue weighted by molar-refractivity contribution is 6.30. The monoisotopic (exact) mass is 308 g/mol. The molecular formula is C18H27ClNO. The zero-order valence-electron chi connectivity index (χ0n) is 13.2. The lowest BCUT2D eigenvalue weighted by atomic mass is 9.65. The van der Waals surface area contributed by atoms with Crippen molar-refractivity contribution in [1.29, 1.82) is 0 Å². The Morgan fingerprint density at radius 1 is 1.29 bits per heavy atom. The molecule has 1 radical (unpaired) electrons. The van der Waals surface area contributed by atoms with Crippen molar-refractivity contribution < 1.29 is 4.74 Å². The molecule has 1 aromatic rings. The first kappa shape index (κ1) is 16.8. The first-order chi connectivity index (χ1) is 10.1. The lowest BCUT2D eigenvalue weighted by Crippen LogP contribution is -2.43. The maximum Gasteiger partial charge on any atom is 0.0466 e. The van der Waals surface area contributed by atoms with Crippen LogP contribution in [0.3, 0.4) is 0 Å². The second-order valence-corrected chi connectivity index (χ2v) is 6.62. The van der Waals surface area contributed by atoms with Crippen LogP contribution in [-0.4, -0.2) is 38.3 Å². The van der Waals surface area contributed by atoms with Gasteiger partial charge >= 0.3 is 0 Å². The molecule has 0 saturated heterocycles. The van der Waals surface area contributed by atoms with Crippen LogP contribution < -0.4 is 0 Å². The van der Waals surface area contributed by atoms with Crippen molar-refractivity contribution in [3.63, 3.8) is 0 Å². The predicted molar refractivity (Wildman–Crippen MR) is 89.8 cm³/mol. The number of nitrogens with zero attached hydrogens (tertiary/aromatic N) is 1. The fraction of sp³-hybridized carbons (Fsp3) is 0.611. The number of hydrogen-bond donors (Lipinski definition) is 0. The molecule has 0 aromatic heterocycles. The van der Waals surface area contributed by atoms with Crippen LogP contribution in [0.25, 0.3) is 0 Å². The fourth-order valence-electron chi connectivity index (χ4n) is 3.46. The van der Waals surface area contributed by atoms with E-state index in [1.54, 1.807) is 0 Å². The topological polar surface area (TPSA) is 12.5 Å². The number of halogens is 1. The smallest absolute Gasteiger partial charge is 0.0466 e. The SMILES string of the molecule is [CH2]COCCCC(C1CCC1c1ccc(Cl)cc1)N(C)C. The molecule has 3 unspecified atom stereocenters. The van der Waals surface area contributed by atoms with Crippen LogP contribution >= 0.6 is 11.6 Å². The van der Waals surface area contributed by atoms with Crippen molar-refractivity contribution >= 4 is 11.6 Å². The van der Waals surface area contributed by atoms with Crippen molar-refractivity contribution in [2.45, 2.75) is 37.6 Å². The summed E-state index contributed by atoms with van der Waals surface area (Å²) < 4.78 is 5.38. The predicted octanol–water partition coefficient (Wildman–Crippen LogP) is 4.39. The Labute approximate surface area is 134 Å². The quantitative estimate of drug-likeness (QED) is 0.660. The Hall–Kier alpha value is -0.570. The van der Waals surface area contributed by atoms with Crippen LogP contribution in [0.2, 0.25) is 5.02 Å². The molecule has 117 valence electrons. The molecule has 1 aliphatic rings. The fourth-order valence-corrected chi connectivity index (χ4v) is 3.59. The van der Waals surface area contributed by atoms with Crippen LogP contribution in [-0.2, 0) is 4.74 Å². The lowest BCUT2D eigenvalue weighted by molar-refractivity contribution is 0.0902. The van der Waals surface area contributed by atoms with Gasteiger partial charge in [-0.3, -0.25) is 0 Å². The Morgan fingerprint density at radius 3 is 2.52 bits per heavy atom. The third-order valence-electron chi connectivity index (χ3n) is 4.72. The zero-order valence-corrected chi connectivity index (χ0v) is 14.0. The summed E-state index contributed by atoms with van der Waals surface area (Å²) in [6.07, 6.45) is 4.93. The van der Waals surface area contributed by atoms with Crippen LogP contribution in [0.5, 0.6) is 0 Å². The molecule has 1 aromatic carbocycles. The summed E-state index contributed by atoms with van der Waals surface area (Å²) in [6, 6.07) is 9.04. The maximum atomic E-state index is 6.00. The third-order valence-corrected chi connectivity index (χ3v) is 4.97. The second kappa shape index (κ2) is 8.17. The highest BCUT2D eigenvalue weighted by Crippen LogP contribution is 2.46. The van der Waals surface area contributed by atoms with Crippen molar-refractivity contribution in [3.8, 4) is 0 Å². The lowest BCUT2D eigenvalue weighted by Gasteiger charge is -2.45. The molecule has 0 aliphatic heterocycles. The van der Waals surface area contributed by atoms with Crippen molar-refractivity contribution in [2.24, 2.45) is 5.92 Å². The molecule has 0 spiro atoms. The molecule has 1 fully saturated rings. The Bertz CT molecular complexity index is 418. The summed E-state index contributed by atoms with van der Waals surface area (Å²) in [5.74, 6) is 1.43. The van der Waals surface area contributed by atoms with Crippen LogP contribution in [0, 0.1) is 12.8 Å². The van der Waals surface area contributed by atoms with Gasteiger partial charge in [-0.1, -0.05) is 23.7 Å². The molecule has 0 bridgehead atoms. The standard InChI is InChI=1S/C18H27ClNO/c1-4-21-13-5-6-18(20(2)3)17-12-11-16(17)14-7-9-15(19)10-8-14/h7-10,16-18H,1,4-6,11-13H2,2-3H3. The highest BCUT2D eigenvalue weighted by atomic mass is 35.5. The minimum Gasteiger partial charge on any atom is -0.381 e. The second-order valence-electron chi connectivity index (χ2n) is 6.18. The summed E-state index contributed by atoms with van der Waals surface area (Å²) >= 11 is 6.00. The molecule has 3 atom stereocenters. The summed E-state index contributed by atoms with van der Waals surface area (Å²) in [4.78, 5) is 2.39. The third kappa shape index (κ3) is 4.45. The van der Waals surface area contributed by atoms with E-state index in [9.17, 15) is 0 Å². The first-order valence-electron chi connectivity index (χ1n) is 7.92. The number of ether oxygens (including phenoxy) is 1. The molecule has 1 saturated carbocycles. The van der Waals surface area contributed by atoms with Crippen LogP contribution in [0.4, 0.5) is 0 Å². The minimum absolute atomic E-state index is 0.573. The Morgan fingerprint density at radius 2 is 2.00 bits per heavy atom. The van der Waals surface area contributed by atoms with Gasteiger partial charge in [-0.25, -0.2) is 0 Å². The molecule has 2 rings (SSSR count). The van der Waals surface area contributed by atoms with Gasteiger partial charge in [0, 0.05) is 24.3 Å². The van der Waals surface area contributed by atoms with E-state index in [1.807, 2.05) is 12.1 Å². The van der Waals surface area contributed by atoms with Gasteiger partial charge in [0.05, 0.1) is 0 Å². The van der Waals surface area contributed by atoms with Gasteiger partial charge in [0.15, 0.2) is 0 Å². The molecule has 0 N–H and O–H groups in total. The van der Waals surface area contributed by atoms with E-state index in [1.165, 1.54) is 24.8 Å². The molecule has 0 heterocycles. The average molecular weight is 309 g/mol. The number of hydrogen-bond acceptors (Lipinski definition) is 2. The van der Waals surface area contributed by atoms with Gasteiger partial charge in [0.2, 0.25) is 0 Å². The van der Waals surface area contributed by atoms with Gasteiger partial charge in [0.25, 0.3) is 0 Å². The van der Waals surface area contributed by atoms with Crippen molar-refractivity contribution in [1.82, 2.24) is 4.90 Å². The Kier molecular flexibility index (Phi) is 6.53. The van der Waals surface area contributed by atoms with Gasteiger partial charge in [-0.15, -0.1) is 0 Å². The van der Waals surface area contributed by atoms with Gasteiger partial charge in [-0.05, 0) is 76.2 Å². The molecule has 21 heavy (non-hydrogen) atoms. The minimum atomic E-state index is 0.573. The summed E-state index contributed by atoms with van der Waals surface area (Å²) in [5, 5.41) is 0.823. The number of benzene rings is 1. The summed E-state index contributed by atoms with van der Waals surface area (Å²) in [6.45, 7) is 5.11. The molecular weight excluding hydrogens is 282 g/mol. The van der Waals surface area contributed by atoms with E-state index in [0.29, 0.717) is 18.6 Å². The van der Waals surface area contributed by atoms with Gasteiger partial charge in [0.1, 0.15) is 0 Å². The molecule has 2 nitrogen and oxygen atoms in total. The largest absolute Gasteiger partial charge is 0.381 e. The normalized spacial score (nSPS) is 23.1. The molecule has 3 heteroatoms. The first-order valence-corrected chi connectivity index (χ1v) is 8.30. The van der Waals surface area contributed by atoms with E-state index in [4.69, 9.17) is 16.3 Å². The maximum absolute atomic E-state index is 6.00. The van der Waals surface area contributed by atoms with Crippen LogP contribution in [0.1, 0.15) is 37.2 Å². The average Bonchev–Trinajstić information content (AvgIpc) is 2.43. The van der Waals surface area contributed by atoms with Crippen molar-refractivity contribution in [3.05, 3.63) is 41.8 Å². The highest BCUT2D eigenvalue weighted by Gasteiger charge is 2.38. The van der Waals surface area contributed by atoms with E-state index in [-0.39, 0.29) is 0 Å².